The van der Waals surface area contributed by atoms with Gasteiger partial charge in [-0.05, 0) is 52.4 Å². The first kappa shape index (κ1) is 14.7. The Morgan fingerprint density at radius 2 is 1.92 bits per heavy atom. The molecule has 1 aliphatic rings. The van der Waals surface area contributed by atoms with Gasteiger partial charge in [0.05, 0.1) is 10.6 Å². The zero-order chi connectivity index (χ0) is 16.4. The van der Waals surface area contributed by atoms with E-state index in [0.29, 0.717) is 10.1 Å². The molecule has 1 N–H and O–H groups in total. The Bertz CT molecular complexity index is 980. The molecule has 0 spiro atoms. The zero-order valence-corrected chi connectivity index (χ0v) is 13.5. The second-order valence-corrected chi connectivity index (χ2v) is 6.33. The highest BCUT2D eigenvalue weighted by molar-refractivity contribution is 8.18. The van der Waals surface area contributed by atoms with Gasteiger partial charge in [0.15, 0.2) is 5.17 Å². The lowest BCUT2D eigenvalue weighted by molar-refractivity contribution is -0.115. The van der Waals surface area contributed by atoms with Crippen LogP contribution in [0.25, 0.3) is 16.8 Å². The number of carbonyl (C=O) groups excluding carboxylic acids is 1. The van der Waals surface area contributed by atoms with Crippen LogP contribution >= 0.6 is 11.8 Å². The lowest BCUT2D eigenvalue weighted by atomic mass is 10.1. The third-order valence-electron chi connectivity index (χ3n) is 3.60. The number of carbonyl (C=O) groups is 1. The fourth-order valence-electron chi connectivity index (χ4n) is 2.46. The molecule has 4 rings (SSSR count). The third kappa shape index (κ3) is 3.07. The second kappa shape index (κ2) is 6.29. The molecule has 3 aromatic rings. The van der Waals surface area contributed by atoms with E-state index in [1.807, 2.05) is 54.6 Å². The largest absolute Gasteiger partial charge is 0.300 e. The van der Waals surface area contributed by atoms with Crippen molar-refractivity contribution < 1.29 is 4.79 Å². The minimum Gasteiger partial charge on any atom is -0.300 e. The van der Waals surface area contributed by atoms with Gasteiger partial charge < -0.3 is 5.32 Å². The number of aliphatic imine (C=N–C) groups is 1. The number of nitrogens with one attached hydrogen (secondary N) is 1. The maximum absolute atomic E-state index is 12.1. The van der Waals surface area contributed by atoms with Gasteiger partial charge in [0.2, 0.25) is 0 Å². The summed E-state index contributed by atoms with van der Waals surface area (Å²) < 4.78 is 0. The van der Waals surface area contributed by atoms with E-state index in [9.17, 15) is 4.79 Å². The molecule has 1 amide bonds. The molecule has 0 radical (unpaired) electrons. The molecule has 0 aliphatic carbocycles. The van der Waals surface area contributed by atoms with Gasteiger partial charge in [-0.15, -0.1) is 0 Å². The molecule has 0 saturated carbocycles. The second-order valence-electron chi connectivity index (χ2n) is 5.30. The van der Waals surface area contributed by atoms with E-state index in [1.165, 1.54) is 17.1 Å². The normalized spacial score (nSPS) is 17.6. The summed E-state index contributed by atoms with van der Waals surface area (Å²) in [7, 11) is 0. The molecule has 0 bridgehead atoms. The van der Waals surface area contributed by atoms with Crippen molar-refractivity contribution in [1.82, 2.24) is 10.3 Å². The van der Waals surface area contributed by atoms with Crippen LogP contribution in [-0.4, -0.2) is 16.1 Å². The predicted molar refractivity (Wildman–Crippen MR) is 99.0 cm³/mol. The molecule has 0 atom stereocenters. The van der Waals surface area contributed by atoms with Crippen LogP contribution in [0, 0.1) is 0 Å². The van der Waals surface area contributed by atoms with Crippen molar-refractivity contribution in [2.24, 2.45) is 4.99 Å². The summed E-state index contributed by atoms with van der Waals surface area (Å²) in [5.74, 6) is -0.136. The smallest absolute Gasteiger partial charge is 0.264 e. The van der Waals surface area contributed by atoms with Crippen molar-refractivity contribution in [2.45, 2.75) is 0 Å². The van der Waals surface area contributed by atoms with Crippen molar-refractivity contribution in [3.05, 3.63) is 77.5 Å². The van der Waals surface area contributed by atoms with Crippen LogP contribution in [0.2, 0.25) is 0 Å². The molecule has 2 aromatic carbocycles. The lowest BCUT2D eigenvalue weighted by Gasteiger charge is -2.00. The van der Waals surface area contributed by atoms with Crippen molar-refractivity contribution in [3.8, 4) is 0 Å². The first-order valence-electron chi connectivity index (χ1n) is 7.46. The number of hydrogen-bond acceptors (Lipinski definition) is 4. The minimum atomic E-state index is -0.136. The summed E-state index contributed by atoms with van der Waals surface area (Å²) >= 11 is 1.34. The number of rotatable bonds is 2. The highest BCUT2D eigenvalue weighted by Crippen LogP contribution is 2.29. The Kier molecular flexibility index (Phi) is 3.84. The summed E-state index contributed by atoms with van der Waals surface area (Å²) in [5.41, 5.74) is 1.71. The Labute approximate surface area is 143 Å². The first-order valence-corrected chi connectivity index (χ1v) is 8.28. The molecule has 5 heteroatoms. The highest BCUT2D eigenvalue weighted by Gasteiger charge is 2.23. The average Bonchev–Trinajstić information content (AvgIpc) is 2.95. The third-order valence-corrected chi connectivity index (χ3v) is 4.51. The predicted octanol–water partition coefficient (Wildman–Crippen LogP) is 4.13. The summed E-state index contributed by atoms with van der Waals surface area (Å²) in [6, 6.07) is 17.9. The van der Waals surface area contributed by atoms with Crippen LogP contribution < -0.4 is 5.32 Å². The number of amidine groups is 1. The quantitative estimate of drug-likeness (QED) is 0.719. The summed E-state index contributed by atoms with van der Waals surface area (Å²) in [5, 5.41) is 5.69. The fraction of sp³-hybridized carbons (Fsp3) is 0. The van der Waals surface area contributed by atoms with Crippen LogP contribution in [0.5, 0.6) is 0 Å². The molecule has 4 nitrogen and oxygen atoms in total. The number of thioether (sulfide) groups is 1. The number of hydrogen-bond donors (Lipinski definition) is 1. The molecule has 24 heavy (non-hydrogen) atoms. The first-order chi connectivity index (χ1) is 11.8. The van der Waals surface area contributed by atoms with Gasteiger partial charge in [-0.2, -0.15) is 0 Å². The van der Waals surface area contributed by atoms with Gasteiger partial charge in [0.1, 0.15) is 0 Å². The van der Waals surface area contributed by atoms with Gasteiger partial charge in [-0.25, -0.2) is 4.99 Å². The lowest BCUT2D eigenvalue weighted by Crippen LogP contribution is -2.19. The van der Waals surface area contributed by atoms with Gasteiger partial charge >= 0.3 is 0 Å². The standard InChI is InChI=1S/C19H13N3OS/c23-18-17(10-13-4-3-9-20-12-13)24-19(22-18)21-16-8-7-14-5-1-2-6-15(14)11-16/h1-12H,(H,21,22,23)/b17-10-. The number of amides is 1. The monoisotopic (exact) mass is 331 g/mol. The average molecular weight is 331 g/mol. The van der Waals surface area contributed by atoms with E-state index >= 15 is 0 Å². The Morgan fingerprint density at radius 3 is 2.75 bits per heavy atom. The van der Waals surface area contributed by atoms with E-state index < -0.39 is 0 Å². The summed E-state index contributed by atoms with van der Waals surface area (Å²) in [6.45, 7) is 0. The SMILES string of the molecule is O=C1NC(=Nc2ccc3ccccc3c2)S/C1=C\c1cccnc1. The van der Waals surface area contributed by atoms with Crippen molar-refractivity contribution in [1.29, 1.82) is 0 Å². The summed E-state index contributed by atoms with van der Waals surface area (Å²) in [6.07, 6.45) is 5.24. The van der Waals surface area contributed by atoms with Crippen LogP contribution in [0.4, 0.5) is 5.69 Å². The Balaban J connectivity index is 1.61. The maximum atomic E-state index is 12.1. The van der Waals surface area contributed by atoms with Crippen LogP contribution in [0.15, 0.2) is 76.9 Å². The molecule has 1 saturated heterocycles. The van der Waals surface area contributed by atoms with E-state index in [-0.39, 0.29) is 5.91 Å². The zero-order valence-electron chi connectivity index (χ0n) is 12.6. The molecule has 116 valence electrons. The molecule has 0 unspecified atom stereocenters. The number of aromatic nitrogens is 1. The molecule has 2 heterocycles. The Morgan fingerprint density at radius 1 is 1.04 bits per heavy atom. The van der Waals surface area contributed by atoms with Gasteiger partial charge in [-0.1, -0.05) is 36.4 Å². The number of benzene rings is 2. The fourth-order valence-corrected chi connectivity index (χ4v) is 3.30. The van der Waals surface area contributed by atoms with E-state index in [2.05, 4.69) is 21.4 Å². The molecule has 1 aromatic heterocycles. The van der Waals surface area contributed by atoms with Crippen LogP contribution in [-0.2, 0) is 4.79 Å². The maximum Gasteiger partial charge on any atom is 0.264 e. The Hall–Kier alpha value is -2.92. The number of fused-ring (bicyclic) bond motifs is 1. The van der Waals surface area contributed by atoms with Gasteiger partial charge in [0, 0.05) is 12.4 Å². The minimum absolute atomic E-state index is 0.136. The van der Waals surface area contributed by atoms with Gasteiger partial charge in [-0.3, -0.25) is 9.78 Å². The highest BCUT2D eigenvalue weighted by atomic mass is 32.2. The topological polar surface area (TPSA) is 54.4 Å². The van der Waals surface area contributed by atoms with Crippen molar-refractivity contribution in [3.63, 3.8) is 0 Å². The van der Waals surface area contributed by atoms with Crippen LogP contribution in [0.3, 0.4) is 0 Å². The van der Waals surface area contributed by atoms with E-state index in [0.717, 1.165) is 16.6 Å². The molecule has 1 fully saturated rings. The molecular weight excluding hydrogens is 318 g/mol. The van der Waals surface area contributed by atoms with Crippen molar-refractivity contribution >= 4 is 45.4 Å². The molecule has 1 aliphatic heterocycles. The number of pyridine rings is 1. The molecular formula is C19H13N3OS. The van der Waals surface area contributed by atoms with Crippen LogP contribution in [0.1, 0.15) is 5.56 Å². The van der Waals surface area contributed by atoms with E-state index in [4.69, 9.17) is 0 Å². The van der Waals surface area contributed by atoms with Crippen molar-refractivity contribution in [2.75, 3.05) is 0 Å². The summed E-state index contributed by atoms with van der Waals surface area (Å²) in [4.78, 5) is 21.3. The van der Waals surface area contributed by atoms with Gasteiger partial charge in [0.25, 0.3) is 5.91 Å². The van der Waals surface area contributed by atoms with E-state index in [1.54, 1.807) is 12.4 Å². The number of nitrogens with zero attached hydrogens (tertiary/aromatic N) is 2.